The van der Waals surface area contributed by atoms with Gasteiger partial charge in [0.2, 0.25) is 0 Å². The normalized spacial score (nSPS) is 11.4. The smallest absolute Gasteiger partial charge is 0.327 e. The summed E-state index contributed by atoms with van der Waals surface area (Å²) >= 11 is 0. The van der Waals surface area contributed by atoms with Gasteiger partial charge in [0.05, 0.1) is 6.61 Å². The van der Waals surface area contributed by atoms with Gasteiger partial charge in [-0.25, -0.2) is 0 Å². The Morgan fingerprint density at radius 3 is 1.86 bits per heavy atom. The second-order valence-corrected chi connectivity index (χ2v) is 6.26. The number of hydrogen-bond donors (Lipinski definition) is 2. The van der Waals surface area contributed by atoms with Gasteiger partial charge in [-0.05, 0) is 48.9 Å². The largest absolute Gasteiger partial charge is 0.328 e. The van der Waals surface area contributed by atoms with Gasteiger partial charge in [0.25, 0.3) is 0 Å². The fourth-order valence-corrected chi connectivity index (χ4v) is 3.16. The minimum atomic E-state index is -2.25. The van der Waals surface area contributed by atoms with E-state index in [1.165, 1.54) is 22.3 Å². The summed E-state index contributed by atoms with van der Waals surface area (Å²) in [5.74, 6) is 0.301. The fraction of sp³-hybridized carbons (Fsp3) is 0.333. The monoisotopic (exact) mass is 318 g/mol. The molecule has 3 nitrogen and oxygen atoms in total. The standard InChI is InChI=1S/C18H23O3P/c1-14-8-3-5-10-16(14)18(12-7-13-21-22(19)20)17-11-6-4-9-15(17)2/h3-6,8-11,18-20H,7,12-13H2,1-2H3. The number of aryl methyl sites for hydroxylation is 2. The molecule has 4 heteroatoms. The lowest BCUT2D eigenvalue weighted by Gasteiger charge is -2.22. The topological polar surface area (TPSA) is 49.7 Å². The van der Waals surface area contributed by atoms with Crippen molar-refractivity contribution in [2.24, 2.45) is 0 Å². The van der Waals surface area contributed by atoms with Crippen LogP contribution in [0.2, 0.25) is 0 Å². The maximum Gasteiger partial charge on any atom is 0.327 e. The van der Waals surface area contributed by atoms with E-state index >= 15 is 0 Å². The lowest BCUT2D eigenvalue weighted by Crippen LogP contribution is -2.06. The van der Waals surface area contributed by atoms with E-state index in [-0.39, 0.29) is 0 Å². The molecule has 0 bridgehead atoms. The first-order chi connectivity index (χ1) is 10.6. The number of rotatable bonds is 7. The molecule has 2 N–H and O–H groups in total. The fourth-order valence-electron chi connectivity index (χ4n) is 2.87. The zero-order chi connectivity index (χ0) is 15.9. The zero-order valence-electron chi connectivity index (χ0n) is 13.1. The molecular weight excluding hydrogens is 295 g/mol. The summed E-state index contributed by atoms with van der Waals surface area (Å²) in [6, 6.07) is 16.9. The molecule has 0 saturated heterocycles. The highest BCUT2D eigenvalue weighted by atomic mass is 31.2. The molecule has 0 radical (unpaired) electrons. The first-order valence-corrected chi connectivity index (χ1v) is 8.68. The molecule has 0 aliphatic rings. The molecule has 0 atom stereocenters. The predicted molar refractivity (Wildman–Crippen MR) is 90.7 cm³/mol. The molecule has 0 heterocycles. The highest BCUT2D eigenvalue weighted by molar-refractivity contribution is 7.39. The summed E-state index contributed by atoms with van der Waals surface area (Å²) in [6.07, 6.45) is 1.70. The van der Waals surface area contributed by atoms with E-state index in [2.05, 4.69) is 62.4 Å². The molecule has 0 fully saturated rings. The maximum atomic E-state index is 8.84. The summed E-state index contributed by atoms with van der Waals surface area (Å²) < 4.78 is 4.90. The van der Waals surface area contributed by atoms with Crippen LogP contribution in [-0.2, 0) is 4.52 Å². The van der Waals surface area contributed by atoms with Crippen LogP contribution in [0.25, 0.3) is 0 Å². The van der Waals surface area contributed by atoms with Crippen LogP contribution < -0.4 is 0 Å². The van der Waals surface area contributed by atoms with Gasteiger partial charge in [-0.3, -0.25) is 0 Å². The van der Waals surface area contributed by atoms with Gasteiger partial charge in [0.1, 0.15) is 0 Å². The molecule has 0 spiro atoms. The van der Waals surface area contributed by atoms with Gasteiger partial charge in [0.15, 0.2) is 0 Å². The molecule has 0 aromatic heterocycles. The minimum absolute atomic E-state index is 0.301. The van der Waals surface area contributed by atoms with E-state index < -0.39 is 8.60 Å². The Kier molecular flexibility index (Phi) is 6.53. The first kappa shape index (κ1) is 17.1. The van der Waals surface area contributed by atoms with Crippen LogP contribution in [0, 0.1) is 13.8 Å². The minimum Gasteiger partial charge on any atom is -0.328 e. The van der Waals surface area contributed by atoms with Crippen LogP contribution in [0.5, 0.6) is 0 Å². The molecule has 0 aliphatic heterocycles. The molecule has 2 aromatic rings. The molecular formula is C18H23O3P. The maximum absolute atomic E-state index is 8.84. The van der Waals surface area contributed by atoms with Crippen LogP contribution in [0.1, 0.15) is 41.0 Å². The van der Waals surface area contributed by atoms with E-state index in [9.17, 15) is 0 Å². The molecule has 22 heavy (non-hydrogen) atoms. The Balaban J connectivity index is 2.22. The Morgan fingerprint density at radius 1 is 0.909 bits per heavy atom. The van der Waals surface area contributed by atoms with Crippen molar-refractivity contribution in [2.45, 2.75) is 32.6 Å². The van der Waals surface area contributed by atoms with Gasteiger partial charge in [-0.2, -0.15) is 0 Å². The highest BCUT2D eigenvalue weighted by Crippen LogP contribution is 2.34. The predicted octanol–water partition coefficient (Wildman–Crippen LogP) is 4.44. The molecule has 2 aromatic carbocycles. The van der Waals surface area contributed by atoms with Crippen LogP contribution in [-0.4, -0.2) is 16.4 Å². The third kappa shape index (κ3) is 4.62. The van der Waals surface area contributed by atoms with Gasteiger partial charge < -0.3 is 14.3 Å². The van der Waals surface area contributed by atoms with Gasteiger partial charge in [-0.15, -0.1) is 0 Å². The zero-order valence-corrected chi connectivity index (χ0v) is 14.0. The SMILES string of the molecule is Cc1ccccc1C(CCCOP(O)O)c1ccccc1C. The number of benzene rings is 2. The highest BCUT2D eigenvalue weighted by Gasteiger charge is 2.17. The van der Waals surface area contributed by atoms with Crippen LogP contribution in [0.15, 0.2) is 48.5 Å². The van der Waals surface area contributed by atoms with Crippen molar-refractivity contribution in [2.75, 3.05) is 6.61 Å². The van der Waals surface area contributed by atoms with Crippen LogP contribution in [0.3, 0.4) is 0 Å². The summed E-state index contributed by atoms with van der Waals surface area (Å²) in [5, 5.41) is 0. The van der Waals surface area contributed by atoms with E-state index in [1.54, 1.807) is 0 Å². The van der Waals surface area contributed by atoms with Crippen molar-refractivity contribution in [3.63, 3.8) is 0 Å². The average molecular weight is 318 g/mol. The van der Waals surface area contributed by atoms with Crippen molar-refractivity contribution in [1.29, 1.82) is 0 Å². The van der Waals surface area contributed by atoms with Crippen LogP contribution >= 0.6 is 8.60 Å². The summed E-state index contributed by atoms with van der Waals surface area (Å²) in [7, 11) is -2.25. The summed E-state index contributed by atoms with van der Waals surface area (Å²) in [4.78, 5) is 17.7. The Morgan fingerprint density at radius 2 is 1.41 bits per heavy atom. The molecule has 0 unspecified atom stereocenters. The lowest BCUT2D eigenvalue weighted by atomic mass is 9.83. The first-order valence-electron chi connectivity index (χ1n) is 7.51. The quantitative estimate of drug-likeness (QED) is 0.586. The van der Waals surface area contributed by atoms with Crippen LogP contribution in [0.4, 0.5) is 0 Å². The Labute approximate surface area is 133 Å². The van der Waals surface area contributed by atoms with Gasteiger partial charge in [0, 0.05) is 5.92 Å². The van der Waals surface area contributed by atoms with Crippen molar-refractivity contribution < 1.29 is 14.3 Å². The van der Waals surface area contributed by atoms with E-state index in [4.69, 9.17) is 14.3 Å². The summed E-state index contributed by atoms with van der Waals surface area (Å²) in [5.41, 5.74) is 5.21. The van der Waals surface area contributed by atoms with E-state index in [0.29, 0.717) is 12.5 Å². The summed E-state index contributed by atoms with van der Waals surface area (Å²) in [6.45, 7) is 4.64. The molecule has 0 aliphatic carbocycles. The van der Waals surface area contributed by atoms with Gasteiger partial charge in [-0.1, -0.05) is 48.5 Å². The molecule has 0 saturated carbocycles. The number of hydrogen-bond acceptors (Lipinski definition) is 3. The third-order valence-corrected chi connectivity index (χ3v) is 4.39. The third-order valence-electron chi connectivity index (χ3n) is 3.97. The van der Waals surface area contributed by atoms with Crippen molar-refractivity contribution in [3.8, 4) is 0 Å². The molecule has 2 rings (SSSR count). The van der Waals surface area contributed by atoms with E-state index in [0.717, 1.165) is 12.8 Å². The Hall–Kier alpha value is -1.25. The van der Waals surface area contributed by atoms with Crippen molar-refractivity contribution in [1.82, 2.24) is 0 Å². The van der Waals surface area contributed by atoms with Crippen molar-refractivity contribution in [3.05, 3.63) is 70.8 Å². The molecule has 0 amide bonds. The second-order valence-electron chi connectivity index (χ2n) is 5.49. The van der Waals surface area contributed by atoms with E-state index in [1.807, 2.05) is 0 Å². The Bertz CT molecular complexity index is 553. The average Bonchev–Trinajstić information content (AvgIpc) is 2.49. The molecule has 118 valence electrons. The second kappa shape index (κ2) is 8.40. The van der Waals surface area contributed by atoms with Crippen molar-refractivity contribution >= 4 is 8.60 Å². The lowest BCUT2D eigenvalue weighted by molar-refractivity contribution is 0.248. The van der Waals surface area contributed by atoms with Gasteiger partial charge >= 0.3 is 8.60 Å².